The Balaban J connectivity index is 2.06. The van der Waals surface area contributed by atoms with Crippen molar-refractivity contribution in [2.24, 2.45) is 5.41 Å². The molecule has 0 radical (unpaired) electrons. The van der Waals surface area contributed by atoms with Gasteiger partial charge in [-0.2, -0.15) is 0 Å². The molecular formula is C19H15Cl6NO2. The van der Waals surface area contributed by atoms with Gasteiger partial charge in [-0.1, -0.05) is 69.6 Å². The summed E-state index contributed by atoms with van der Waals surface area (Å²) >= 11 is 37.0. The highest BCUT2D eigenvalue weighted by Gasteiger charge is 2.43. The molecule has 1 fully saturated rings. The average Bonchev–Trinajstić information content (AvgIpc) is 2.60. The van der Waals surface area contributed by atoms with Gasteiger partial charge in [0.05, 0.1) is 38.7 Å². The van der Waals surface area contributed by atoms with E-state index in [9.17, 15) is 4.79 Å². The lowest BCUT2D eigenvalue weighted by molar-refractivity contribution is -0.185. The molecule has 3 rings (SSSR count). The van der Waals surface area contributed by atoms with E-state index in [4.69, 9.17) is 74.3 Å². The molecule has 1 saturated heterocycles. The van der Waals surface area contributed by atoms with E-state index >= 15 is 0 Å². The van der Waals surface area contributed by atoms with Gasteiger partial charge in [0.1, 0.15) is 0 Å². The first-order valence-electron chi connectivity index (χ1n) is 8.22. The van der Waals surface area contributed by atoms with Crippen LogP contribution in [-0.4, -0.2) is 17.4 Å². The maximum Gasteiger partial charge on any atom is 0.233 e. The molecule has 1 heterocycles. The van der Waals surface area contributed by atoms with Crippen LogP contribution in [0, 0.1) is 5.41 Å². The van der Waals surface area contributed by atoms with Gasteiger partial charge < -0.3 is 9.64 Å². The zero-order valence-electron chi connectivity index (χ0n) is 14.8. The molecule has 1 unspecified atom stereocenters. The Hall–Kier alpha value is -0.390. The van der Waals surface area contributed by atoms with Crippen molar-refractivity contribution in [1.29, 1.82) is 0 Å². The first-order valence-corrected chi connectivity index (χ1v) is 10.5. The summed E-state index contributed by atoms with van der Waals surface area (Å²) in [6, 6.07) is 6.31. The van der Waals surface area contributed by atoms with Gasteiger partial charge in [0, 0.05) is 15.6 Å². The van der Waals surface area contributed by atoms with Crippen molar-refractivity contribution in [2.45, 2.75) is 26.6 Å². The van der Waals surface area contributed by atoms with E-state index in [1.807, 2.05) is 13.8 Å². The zero-order chi connectivity index (χ0) is 20.8. The number of carbonyl (C=O) groups is 1. The van der Waals surface area contributed by atoms with Crippen molar-refractivity contribution in [3.63, 3.8) is 0 Å². The van der Waals surface area contributed by atoms with Gasteiger partial charge in [-0.25, -0.2) is 0 Å². The molecule has 2 aromatic rings. The van der Waals surface area contributed by atoms with Crippen LogP contribution in [0.1, 0.15) is 31.2 Å². The van der Waals surface area contributed by atoms with Gasteiger partial charge >= 0.3 is 0 Å². The van der Waals surface area contributed by atoms with Gasteiger partial charge in [-0.15, -0.1) is 0 Å². The lowest BCUT2D eigenvalue weighted by Gasteiger charge is -2.43. The minimum atomic E-state index is -0.756. The maximum absolute atomic E-state index is 13.2. The van der Waals surface area contributed by atoms with Crippen LogP contribution in [0.3, 0.4) is 0 Å². The van der Waals surface area contributed by atoms with E-state index < -0.39 is 11.6 Å². The summed E-state index contributed by atoms with van der Waals surface area (Å²) in [5.41, 5.74) is 0.449. The Morgan fingerprint density at radius 1 is 0.893 bits per heavy atom. The molecular weight excluding hydrogens is 487 g/mol. The maximum atomic E-state index is 13.2. The molecule has 3 nitrogen and oxygen atoms in total. The minimum absolute atomic E-state index is 0.118. The molecule has 0 bridgehead atoms. The number of nitrogens with zero attached hydrogens (tertiary/aromatic N) is 1. The number of hydrogen-bond donors (Lipinski definition) is 0. The Bertz CT molecular complexity index is 947. The standard InChI is InChI=1S/C19H15Cl6NO2/c1-19(2)8-28-17(10-4-14(23)16(25)6-12(10)21)26(18(19)27)7-9-3-13(22)15(24)5-11(9)20/h3-6,17H,7-8H2,1-2H3. The molecule has 0 N–H and O–H groups in total. The summed E-state index contributed by atoms with van der Waals surface area (Å²) in [5.74, 6) is -0.118. The van der Waals surface area contributed by atoms with E-state index in [0.29, 0.717) is 41.3 Å². The predicted molar refractivity (Wildman–Crippen MR) is 116 cm³/mol. The van der Waals surface area contributed by atoms with Crippen LogP contribution in [0.4, 0.5) is 0 Å². The van der Waals surface area contributed by atoms with E-state index in [1.165, 1.54) is 6.07 Å². The Labute approximate surface area is 193 Å². The van der Waals surface area contributed by atoms with Gasteiger partial charge in [-0.3, -0.25) is 4.79 Å². The summed E-state index contributed by atoms with van der Waals surface area (Å²) in [4.78, 5) is 14.8. The second-order valence-corrected chi connectivity index (χ2v) is 9.57. The second kappa shape index (κ2) is 8.39. The monoisotopic (exact) mass is 499 g/mol. The second-order valence-electron chi connectivity index (χ2n) is 7.13. The van der Waals surface area contributed by atoms with E-state index in [1.54, 1.807) is 23.1 Å². The van der Waals surface area contributed by atoms with Crippen LogP contribution in [0.25, 0.3) is 0 Å². The molecule has 1 aliphatic rings. The van der Waals surface area contributed by atoms with Crippen LogP contribution >= 0.6 is 69.6 Å². The first-order chi connectivity index (χ1) is 13.0. The third-order valence-electron chi connectivity index (χ3n) is 4.46. The number of ether oxygens (including phenoxy) is 1. The van der Waals surface area contributed by atoms with Gasteiger partial charge in [0.2, 0.25) is 5.91 Å². The molecule has 2 aromatic carbocycles. The SMILES string of the molecule is CC1(C)COC(c2cc(Cl)c(Cl)cc2Cl)N(Cc2cc(Cl)c(Cl)cc2Cl)C1=O. The van der Waals surface area contributed by atoms with E-state index in [-0.39, 0.29) is 19.1 Å². The number of benzene rings is 2. The first kappa shape index (κ1) is 22.3. The van der Waals surface area contributed by atoms with Crippen LogP contribution in [-0.2, 0) is 16.1 Å². The number of amides is 1. The summed E-state index contributed by atoms with van der Waals surface area (Å²) in [5, 5.41) is 2.05. The normalized spacial score (nSPS) is 19.2. The number of hydrogen-bond acceptors (Lipinski definition) is 2. The number of rotatable bonds is 3. The molecule has 0 aromatic heterocycles. The Morgan fingerprint density at radius 2 is 1.43 bits per heavy atom. The molecule has 1 atom stereocenters. The topological polar surface area (TPSA) is 29.5 Å². The summed E-state index contributed by atoms with van der Waals surface area (Å²) in [6.07, 6.45) is -0.756. The van der Waals surface area contributed by atoms with Crippen molar-refractivity contribution >= 4 is 75.5 Å². The fraction of sp³-hybridized carbons (Fsp3) is 0.316. The third-order valence-corrected chi connectivity index (χ3v) is 6.58. The van der Waals surface area contributed by atoms with E-state index in [2.05, 4.69) is 0 Å². The zero-order valence-corrected chi connectivity index (χ0v) is 19.4. The van der Waals surface area contributed by atoms with Gasteiger partial charge in [0.15, 0.2) is 6.23 Å². The fourth-order valence-corrected chi connectivity index (χ4v) is 4.22. The summed E-state index contributed by atoms with van der Waals surface area (Å²) in [6.45, 7) is 3.99. The van der Waals surface area contributed by atoms with Crippen molar-refractivity contribution in [1.82, 2.24) is 4.90 Å². The molecule has 1 amide bonds. The summed E-state index contributed by atoms with van der Waals surface area (Å²) in [7, 11) is 0. The molecule has 1 aliphatic heterocycles. The highest BCUT2D eigenvalue weighted by molar-refractivity contribution is 6.44. The van der Waals surface area contributed by atoms with Gasteiger partial charge in [0.25, 0.3) is 0 Å². The van der Waals surface area contributed by atoms with Crippen molar-refractivity contribution in [3.8, 4) is 0 Å². The van der Waals surface area contributed by atoms with Crippen LogP contribution in [0.2, 0.25) is 30.1 Å². The molecule has 150 valence electrons. The Morgan fingerprint density at radius 3 is 2.07 bits per heavy atom. The molecule has 0 aliphatic carbocycles. The van der Waals surface area contributed by atoms with Crippen molar-refractivity contribution in [3.05, 3.63) is 65.5 Å². The van der Waals surface area contributed by atoms with Crippen LogP contribution < -0.4 is 0 Å². The quantitative estimate of drug-likeness (QED) is 0.403. The van der Waals surface area contributed by atoms with Crippen LogP contribution in [0.5, 0.6) is 0 Å². The lowest BCUT2D eigenvalue weighted by Crippen LogP contribution is -2.50. The summed E-state index contributed by atoms with van der Waals surface area (Å²) < 4.78 is 6.02. The number of halogens is 6. The molecule has 9 heteroatoms. The smallest absolute Gasteiger partial charge is 0.233 e. The minimum Gasteiger partial charge on any atom is -0.353 e. The number of carbonyl (C=O) groups excluding carboxylic acids is 1. The highest BCUT2D eigenvalue weighted by atomic mass is 35.5. The molecule has 0 spiro atoms. The predicted octanol–water partition coefficient (Wildman–Crippen LogP) is 7.69. The van der Waals surface area contributed by atoms with Crippen molar-refractivity contribution < 1.29 is 9.53 Å². The van der Waals surface area contributed by atoms with Gasteiger partial charge in [-0.05, 0) is 43.7 Å². The average molecular weight is 502 g/mol. The fourth-order valence-electron chi connectivity index (χ4n) is 2.94. The van der Waals surface area contributed by atoms with E-state index in [0.717, 1.165) is 0 Å². The largest absolute Gasteiger partial charge is 0.353 e. The molecule has 28 heavy (non-hydrogen) atoms. The lowest BCUT2D eigenvalue weighted by atomic mass is 9.90. The van der Waals surface area contributed by atoms with Crippen molar-refractivity contribution in [2.75, 3.05) is 6.61 Å². The Kier molecular flexibility index (Phi) is 6.68. The van der Waals surface area contributed by atoms with Crippen LogP contribution in [0.15, 0.2) is 24.3 Å². The highest BCUT2D eigenvalue weighted by Crippen LogP contribution is 2.42. The molecule has 0 saturated carbocycles. The third kappa shape index (κ3) is 4.37.